The van der Waals surface area contributed by atoms with Crippen LogP contribution >= 0.6 is 23.6 Å². The van der Waals surface area contributed by atoms with Gasteiger partial charge in [0, 0.05) is 29.4 Å². The van der Waals surface area contributed by atoms with Crippen molar-refractivity contribution >= 4 is 45.3 Å². The fourth-order valence-corrected chi connectivity index (χ4v) is 4.74. The van der Waals surface area contributed by atoms with Gasteiger partial charge in [0.05, 0.1) is 18.7 Å². The number of nitrogens with one attached hydrogen (secondary N) is 2. The van der Waals surface area contributed by atoms with E-state index in [0.29, 0.717) is 28.8 Å². The van der Waals surface area contributed by atoms with E-state index in [4.69, 9.17) is 17.0 Å². The molecule has 0 aliphatic carbocycles. The lowest BCUT2D eigenvalue weighted by atomic mass is 10.1. The molecular formula is C25H24N4O2S2. The lowest BCUT2D eigenvalue weighted by Gasteiger charge is -2.12. The first-order chi connectivity index (χ1) is 16.1. The van der Waals surface area contributed by atoms with Crippen LogP contribution < -0.4 is 10.6 Å². The van der Waals surface area contributed by atoms with Crippen LogP contribution in [0.2, 0.25) is 0 Å². The van der Waals surface area contributed by atoms with Crippen molar-refractivity contribution in [1.82, 2.24) is 9.78 Å². The Morgan fingerprint density at radius 3 is 2.64 bits per heavy atom. The molecule has 2 heterocycles. The van der Waals surface area contributed by atoms with E-state index in [9.17, 15) is 4.79 Å². The normalized spacial score (nSPS) is 10.6. The molecule has 2 aromatic carbocycles. The molecule has 0 fully saturated rings. The quantitative estimate of drug-likeness (QED) is 0.256. The molecule has 0 saturated heterocycles. The molecule has 0 aliphatic heterocycles. The molecule has 0 bridgehead atoms. The molecule has 0 radical (unpaired) electrons. The topological polar surface area (TPSA) is 68.2 Å². The molecule has 4 aromatic rings. The maximum Gasteiger partial charge on any atom is 0.341 e. The minimum absolute atomic E-state index is 0.313. The summed E-state index contributed by atoms with van der Waals surface area (Å²) in [6, 6.07) is 21.9. The van der Waals surface area contributed by atoms with Crippen molar-refractivity contribution in [3.63, 3.8) is 0 Å². The van der Waals surface area contributed by atoms with Gasteiger partial charge in [0.1, 0.15) is 5.00 Å². The summed E-state index contributed by atoms with van der Waals surface area (Å²) in [7, 11) is 0. The number of nitrogens with zero attached hydrogens (tertiary/aromatic N) is 2. The van der Waals surface area contributed by atoms with Crippen molar-refractivity contribution in [2.45, 2.75) is 19.9 Å². The van der Waals surface area contributed by atoms with E-state index in [1.165, 1.54) is 16.9 Å². The number of carbonyl (C=O) groups is 1. The molecular weight excluding hydrogens is 452 g/mol. The van der Waals surface area contributed by atoms with Gasteiger partial charge in [-0.3, -0.25) is 4.68 Å². The molecule has 33 heavy (non-hydrogen) atoms. The molecule has 4 rings (SSSR count). The van der Waals surface area contributed by atoms with Crippen LogP contribution in [0.3, 0.4) is 0 Å². The largest absolute Gasteiger partial charge is 0.462 e. The Hall–Kier alpha value is -3.49. The average molecular weight is 477 g/mol. The van der Waals surface area contributed by atoms with E-state index in [1.54, 1.807) is 13.1 Å². The Kier molecular flexibility index (Phi) is 7.49. The molecule has 0 amide bonds. The van der Waals surface area contributed by atoms with E-state index in [0.717, 1.165) is 22.5 Å². The SMILES string of the molecule is CCOC(=O)c1cc(Cc2ccccc2)sc1NC(=S)Nc1cccc(Cn2cccn2)c1. The Balaban J connectivity index is 1.47. The lowest BCUT2D eigenvalue weighted by Crippen LogP contribution is -2.20. The van der Waals surface area contributed by atoms with Gasteiger partial charge < -0.3 is 15.4 Å². The van der Waals surface area contributed by atoms with Gasteiger partial charge in [0.2, 0.25) is 0 Å². The monoisotopic (exact) mass is 476 g/mol. The minimum atomic E-state index is -0.361. The van der Waals surface area contributed by atoms with E-state index in [2.05, 4.69) is 27.9 Å². The van der Waals surface area contributed by atoms with Crippen molar-refractivity contribution < 1.29 is 9.53 Å². The first-order valence-corrected chi connectivity index (χ1v) is 11.8. The highest BCUT2D eigenvalue weighted by Gasteiger charge is 2.18. The smallest absolute Gasteiger partial charge is 0.341 e. The number of thiocarbonyl (C=S) groups is 1. The van der Waals surface area contributed by atoms with Crippen molar-refractivity contribution in [1.29, 1.82) is 0 Å². The second-order valence-electron chi connectivity index (χ2n) is 7.32. The number of rotatable bonds is 8. The number of hydrogen-bond donors (Lipinski definition) is 2. The Labute approximate surface area is 202 Å². The summed E-state index contributed by atoms with van der Waals surface area (Å²) in [4.78, 5) is 13.6. The summed E-state index contributed by atoms with van der Waals surface area (Å²) in [6.45, 7) is 2.78. The Morgan fingerprint density at radius 1 is 1.06 bits per heavy atom. The zero-order valence-corrected chi connectivity index (χ0v) is 19.8. The van der Waals surface area contributed by atoms with Gasteiger partial charge in [-0.1, -0.05) is 42.5 Å². The molecule has 0 atom stereocenters. The van der Waals surface area contributed by atoms with E-state index < -0.39 is 0 Å². The summed E-state index contributed by atoms with van der Waals surface area (Å²) in [5.74, 6) is -0.361. The third kappa shape index (κ3) is 6.27. The predicted molar refractivity (Wildman–Crippen MR) is 137 cm³/mol. The van der Waals surface area contributed by atoms with Crippen LogP contribution in [0.4, 0.5) is 10.7 Å². The van der Waals surface area contributed by atoms with Crippen LogP contribution in [0.1, 0.15) is 33.3 Å². The van der Waals surface area contributed by atoms with Crippen molar-refractivity contribution in [2.24, 2.45) is 0 Å². The number of anilines is 2. The van der Waals surface area contributed by atoms with Crippen LogP contribution in [0.25, 0.3) is 0 Å². The standard InChI is InChI=1S/C25H24N4O2S2/c1-2-31-24(30)22-16-21(15-18-8-4-3-5-9-18)33-23(22)28-25(32)27-20-11-6-10-19(14-20)17-29-13-7-12-26-29/h3-14,16H,2,15,17H2,1H3,(H2,27,28,32). The number of esters is 1. The van der Waals surface area contributed by atoms with Gasteiger partial charge in [-0.05, 0) is 54.5 Å². The van der Waals surface area contributed by atoms with Gasteiger partial charge in [-0.15, -0.1) is 11.3 Å². The molecule has 0 saturated carbocycles. The van der Waals surface area contributed by atoms with E-state index >= 15 is 0 Å². The second kappa shape index (κ2) is 10.9. The van der Waals surface area contributed by atoms with Gasteiger partial charge in [0.15, 0.2) is 5.11 Å². The van der Waals surface area contributed by atoms with Gasteiger partial charge in [-0.2, -0.15) is 5.10 Å². The third-order valence-electron chi connectivity index (χ3n) is 4.82. The number of carbonyl (C=O) groups excluding carboxylic acids is 1. The van der Waals surface area contributed by atoms with Gasteiger partial charge >= 0.3 is 5.97 Å². The van der Waals surface area contributed by atoms with Gasteiger partial charge in [0.25, 0.3) is 0 Å². The van der Waals surface area contributed by atoms with Crippen molar-refractivity contribution in [3.8, 4) is 0 Å². The first-order valence-electron chi connectivity index (χ1n) is 10.6. The molecule has 0 spiro atoms. The fraction of sp³-hybridized carbons (Fsp3) is 0.160. The average Bonchev–Trinajstić information content (AvgIpc) is 3.45. The van der Waals surface area contributed by atoms with E-state index in [1.807, 2.05) is 65.5 Å². The minimum Gasteiger partial charge on any atom is -0.462 e. The Bertz CT molecular complexity index is 1220. The van der Waals surface area contributed by atoms with Crippen LogP contribution in [0.15, 0.2) is 79.1 Å². The number of thiophene rings is 1. The lowest BCUT2D eigenvalue weighted by molar-refractivity contribution is 0.0528. The highest BCUT2D eigenvalue weighted by molar-refractivity contribution is 7.80. The summed E-state index contributed by atoms with van der Waals surface area (Å²) >= 11 is 7.04. The molecule has 2 N–H and O–H groups in total. The van der Waals surface area contributed by atoms with Crippen molar-refractivity contribution in [2.75, 3.05) is 17.2 Å². The number of benzene rings is 2. The maximum atomic E-state index is 12.5. The van der Waals surface area contributed by atoms with Gasteiger partial charge in [-0.25, -0.2) is 4.79 Å². The highest BCUT2D eigenvalue weighted by atomic mass is 32.1. The fourth-order valence-electron chi connectivity index (χ4n) is 3.37. The molecule has 8 heteroatoms. The number of ether oxygens (including phenoxy) is 1. The number of aromatic nitrogens is 2. The predicted octanol–water partition coefficient (Wildman–Crippen LogP) is 5.57. The van der Waals surface area contributed by atoms with Crippen molar-refractivity contribution in [3.05, 3.63) is 101 Å². The second-order valence-corrected chi connectivity index (χ2v) is 8.87. The Morgan fingerprint density at radius 2 is 1.88 bits per heavy atom. The maximum absolute atomic E-state index is 12.5. The summed E-state index contributed by atoms with van der Waals surface area (Å²) < 4.78 is 7.12. The van der Waals surface area contributed by atoms with Crippen LogP contribution in [0, 0.1) is 0 Å². The van der Waals surface area contributed by atoms with Crippen LogP contribution in [0.5, 0.6) is 0 Å². The van der Waals surface area contributed by atoms with Crippen LogP contribution in [-0.2, 0) is 17.7 Å². The molecule has 0 unspecified atom stereocenters. The number of hydrogen-bond acceptors (Lipinski definition) is 5. The molecule has 2 aromatic heterocycles. The zero-order chi connectivity index (χ0) is 23.0. The third-order valence-corrected chi connectivity index (χ3v) is 6.07. The zero-order valence-electron chi connectivity index (χ0n) is 18.2. The molecule has 168 valence electrons. The van der Waals surface area contributed by atoms with E-state index in [-0.39, 0.29) is 5.97 Å². The van der Waals surface area contributed by atoms with Crippen LogP contribution in [-0.4, -0.2) is 27.5 Å². The molecule has 0 aliphatic rings. The molecule has 6 nitrogen and oxygen atoms in total. The highest BCUT2D eigenvalue weighted by Crippen LogP contribution is 2.31. The summed E-state index contributed by atoms with van der Waals surface area (Å²) in [5, 5.41) is 11.7. The summed E-state index contributed by atoms with van der Waals surface area (Å²) in [6.07, 6.45) is 4.41. The first kappa shape index (κ1) is 22.7. The summed E-state index contributed by atoms with van der Waals surface area (Å²) in [5.41, 5.74) is 3.62.